The number of urea groups is 1. The first kappa shape index (κ1) is 24.2. The van der Waals surface area contributed by atoms with E-state index < -0.39 is 5.60 Å². The van der Waals surface area contributed by atoms with E-state index in [0.717, 1.165) is 57.1 Å². The fourth-order valence-electron chi connectivity index (χ4n) is 8.35. The minimum atomic E-state index is -0.762. The van der Waals surface area contributed by atoms with Gasteiger partial charge in [-0.3, -0.25) is 4.79 Å². The van der Waals surface area contributed by atoms with Crippen molar-refractivity contribution in [2.75, 3.05) is 26.2 Å². The maximum absolute atomic E-state index is 13.5. The maximum Gasteiger partial charge on any atom is 0.320 e. The third-order valence-electron chi connectivity index (χ3n) is 10.1. The molecule has 7 nitrogen and oxygen atoms in total. The summed E-state index contributed by atoms with van der Waals surface area (Å²) in [5, 5.41) is 25.0. The van der Waals surface area contributed by atoms with E-state index in [1.807, 2.05) is 40.1 Å². The van der Waals surface area contributed by atoms with Crippen molar-refractivity contribution in [3.05, 3.63) is 35.9 Å². The lowest BCUT2D eigenvalue weighted by atomic mass is 9.48. The Morgan fingerprint density at radius 1 is 0.972 bits per heavy atom. The molecule has 6 aliphatic rings. The zero-order chi connectivity index (χ0) is 24.9. The van der Waals surface area contributed by atoms with Crippen molar-refractivity contribution in [3.63, 3.8) is 0 Å². The number of likely N-dealkylation sites (tertiary alicyclic amines) is 2. The van der Waals surface area contributed by atoms with Crippen LogP contribution < -0.4 is 5.32 Å². The number of carbonyl (C=O) groups excluding carboxylic acids is 2. The molecule has 2 unspecified atom stereocenters. The van der Waals surface area contributed by atoms with Crippen LogP contribution in [0.15, 0.2) is 30.3 Å². The quantitative estimate of drug-likeness (QED) is 0.599. The van der Waals surface area contributed by atoms with Crippen LogP contribution in [-0.2, 0) is 11.2 Å². The van der Waals surface area contributed by atoms with Crippen molar-refractivity contribution in [3.8, 4) is 0 Å². The molecule has 4 bridgehead atoms. The minimum Gasteiger partial charge on any atom is -0.393 e. The normalized spacial score (nSPS) is 37.1. The molecule has 3 atom stereocenters. The van der Waals surface area contributed by atoms with Crippen LogP contribution in [0.3, 0.4) is 0 Å². The second-order valence-electron chi connectivity index (χ2n) is 12.7. The predicted octanol–water partition coefficient (Wildman–Crippen LogP) is 2.94. The van der Waals surface area contributed by atoms with Gasteiger partial charge in [0.15, 0.2) is 0 Å². The fourth-order valence-corrected chi connectivity index (χ4v) is 8.35. The van der Waals surface area contributed by atoms with E-state index in [4.69, 9.17) is 0 Å². The number of carbonyl (C=O) groups is 2. The molecule has 4 saturated carbocycles. The van der Waals surface area contributed by atoms with Crippen LogP contribution >= 0.6 is 0 Å². The van der Waals surface area contributed by atoms with Gasteiger partial charge < -0.3 is 25.3 Å². The third-order valence-corrected chi connectivity index (χ3v) is 10.1. The van der Waals surface area contributed by atoms with E-state index in [9.17, 15) is 19.8 Å². The van der Waals surface area contributed by atoms with Gasteiger partial charge in [0.1, 0.15) is 0 Å². The molecule has 7 rings (SSSR count). The first-order chi connectivity index (χ1) is 17.3. The van der Waals surface area contributed by atoms with Gasteiger partial charge in [-0.2, -0.15) is 0 Å². The number of aliphatic hydroxyl groups excluding tert-OH is 1. The molecule has 4 aliphatic carbocycles. The number of nitrogens with zero attached hydrogens (tertiary/aromatic N) is 2. The summed E-state index contributed by atoms with van der Waals surface area (Å²) in [5.74, 6) is 1.31. The number of nitrogens with one attached hydrogen (secondary N) is 1. The molecule has 0 aromatic heterocycles. The topological polar surface area (TPSA) is 93.1 Å². The molecule has 1 aromatic carbocycles. The summed E-state index contributed by atoms with van der Waals surface area (Å²) >= 11 is 0. The number of hydrogen-bond donors (Lipinski definition) is 3. The van der Waals surface area contributed by atoms with Crippen molar-refractivity contribution < 1.29 is 19.8 Å². The molecule has 2 heterocycles. The van der Waals surface area contributed by atoms with Crippen LogP contribution in [0.4, 0.5) is 4.79 Å². The molecule has 6 fully saturated rings. The third kappa shape index (κ3) is 4.53. The van der Waals surface area contributed by atoms with Crippen LogP contribution in [0, 0.1) is 23.2 Å². The standard InChI is InChI=1S/C29H41N3O4/c33-25-22-13-21-14-23(25)18-28(15-21,17-22)26(34)30-24-7-4-10-32(19-24)27(35)31-11-8-29(36,9-12-31)16-20-5-2-1-3-6-20/h1-3,5-6,21-25,33,36H,4,7-19H2,(H,30,34)/t21?,22?,23?,24-,25?,28?/m0/s1. The van der Waals surface area contributed by atoms with E-state index in [1.54, 1.807) is 0 Å². The van der Waals surface area contributed by atoms with Gasteiger partial charge in [-0.1, -0.05) is 30.3 Å². The number of hydrogen-bond acceptors (Lipinski definition) is 4. The summed E-state index contributed by atoms with van der Waals surface area (Å²) in [4.78, 5) is 30.7. The Morgan fingerprint density at radius 2 is 1.67 bits per heavy atom. The molecule has 2 aliphatic heterocycles. The molecule has 36 heavy (non-hydrogen) atoms. The molecule has 196 valence electrons. The Balaban J connectivity index is 1.03. The first-order valence-electron chi connectivity index (χ1n) is 14.1. The van der Waals surface area contributed by atoms with Crippen molar-refractivity contribution in [1.29, 1.82) is 0 Å². The molecule has 3 N–H and O–H groups in total. The van der Waals surface area contributed by atoms with Crippen molar-refractivity contribution in [1.82, 2.24) is 15.1 Å². The maximum atomic E-state index is 13.5. The van der Waals surface area contributed by atoms with Gasteiger partial charge in [-0.25, -0.2) is 4.79 Å². The molecule has 0 spiro atoms. The van der Waals surface area contributed by atoms with E-state index >= 15 is 0 Å². The van der Waals surface area contributed by atoms with E-state index in [-0.39, 0.29) is 41.3 Å². The molecular weight excluding hydrogens is 454 g/mol. The summed E-state index contributed by atoms with van der Waals surface area (Å²) in [6, 6.07) is 10.1. The van der Waals surface area contributed by atoms with Gasteiger partial charge in [0, 0.05) is 38.6 Å². The monoisotopic (exact) mass is 495 g/mol. The molecule has 3 amide bonds. The highest BCUT2D eigenvalue weighted by Gasteiger charge is 2.58. The number of aliphatic hydroxyl groups is 2. The zero-order valence-corrected chi connectivity index (χ0v) is 21.3. The number of benzene rings is 1. The number of piperidine rings is 2. The van der Waals surface area contributed by atoms with E-state index in [2.05, 4.69) is 5.32 Å². The van der Waals surface area contributed by atoms with Crippen molar-refractivity contribution in [2.24, 2.45) is 23.2 Å². The van der Waals surface area contributed by atoms with Crippen LogP contribution in [0.5, 0.6) is 0 Å². The smallest absolute Gasteiger partial charge is 0.320 e. The van der Waals surface area contributed by atoms with Crippen LogP contribution in [0.1, 0.15) is 63.4 Å². The Bertz CT molecular complexity index is 960. The Hall–Kier alpha value is -2.12. The summed E-state index contributed by atoms with van der Waals surface area (Å²) in [7, 11) is 0. The molecule has 2 saturated heterocycles. The van der Waals surface area contributed by atoms with Gasteiger partial charge in [-0.05, 0) is 81.1 Å². The van der Waals surface area contributed by atoms with Crippen molar-refractivity contribution in [2.45, 2.75) is 82.0 Å². The SMILES string of the molecule is O=C(N1CCC(O)(Cc2ccccc2)CC1)N1CCC[C@H](NC(=O)C23CC4CC(C2)C(O)C(C4)C3)C1. The lowest BCUT2D eigenvalue weighted by Gasteiger charge is -2.58. The highest BCUT2D eigenvalue weighted by atomic mass is 16.3. The second-order valence-corrected chi connectivity index (χ2v) is 12.7. The van der Waals surface area contributed by atoms with Gasteiger partial charge >= 0.3 is 6.03 Å². The molecule has 0 radical (unpaired) electrons. The summed E-state index contributed by atoms with van der Waals surface area (Å²) in [5.41, 5.74) is 0.0583. The van der Waals surface area contributed by atoms with E-state index in [1.165, 1.54) is 0 Å². The van der Waals surface area contributed by atoms with Crippen LogP contribution in [-0.4, -0.2) is 75.9 Å². The highest BCUT2D eigenvalue weighted by molar-refractivity contribution is 5.83. The van der Waals surface area contributed by atoms with Crippen LogP contribution in [0.25, 0.3) is 0 Å². The fraction of sp³-hybridized carbons (Fsp3) is 0.724. The molecule has 7 heteroatoms. The second kappa shape index (κ2) is 9.32. The average Bonchev–Trinajstić information content (AvgIpc) is 2.87. The summed E-state index contributed by atoms with van der Waals surface area (Å²) in [6.45, 7) is 2.40. The summed E-state index contributed by atoms with van der Waals surface area (Å²) in [6.07, 6.45) is 8.12. The Morgan fingerprint density at radius 3 is 2.36 bits per heavy atom. The average molecular weight is 496 g/mol. The van der Waals surface area contributed by atoms with Crippen molar-refractivity contribution >= 4 is 11.9 Å². The van der Waals surface area contributed by atoms with Gasteiger partial charge in [0.25, 0.3) is 0 Å². The lowest BCUT2D eigenvalue weighted by Crippen LogP contribution is -2.61. The lowest BCUT2D eigenvalue weighted by molar-refractivity contribution is -0.164. The van der Waals surface area contributed by atoms with Gasteiger partial charge in [0.05, 0.1) is 17.1 Å². The van der Waals surface area contributed by atoms with Gasteiger partial charge in [-0.15, -0.1) is 0 Å². The Labute approximate surface area is 214 Å². The Kier molecular flexibility index (Phi) is 6.27. The largest absolute Gasteiger partial charge is 0.393 e. The highest BCUT2D eigenvalue weighted by Crippen LogP contribution is 2.60. The first-order valence-corrected chi connectivity index (χ1v) is 14.1. The zero-order valence-electron chi connectivity index (χ0n) is 21.3. The minimum absolute atomic E-state index is 0.00654. The number of rotatable bonds is 4. The van der Waals surface area contributed by atoms with Crippen LogP contribution in [0.2, 0.25) is 0 Å². The predicted molar refractivity (Wildman–Crippen MR) is 136 cm³/mol. The van der Waals surface area contributed by atoms with Gasteiger partial charge in [0.2, 0.25) is 5.91 Å². The van der Waals surface area contributed by atoms with E-state index in [0.29, 0.717) is 44.8 Å². The number of amides is 3. The summed E-state index contributed by atoms with van der Waals surface area (Å²) < 4.78 is 0. The molecule has 1 aromatic rings. The molecular formula is C29H41N3O4.